The zero-order valence-electron chi connectivity index (χ0n) is 31.7. The van der Waals surface area contributed by atoms with Gasteiger partial charge in [0.05, 0.1) is 12.0 Å². The molecular formula is C36H66N6O8. The van der Waals surface area contributed by atoms with Gasteiger partial charge < -0.3 is 41.7 Å². The van der Waals surface area contributed by atoms with Gasteiger partial charge in [0.15, 0.2) is 0 Å². The van der Waals surface area contributed by atoms with Crippen molar-refractivity contribution in [2.24, 2.45) is 23.5 Å². The van der Waals surface area contributed by atoms with Gasteiger partial charge in [0.2, 0.25) is 29.5 Å². The van der Waals surface area contributed by atoms with Crippen LogP contribution in [0, 0.1) is 17.8 Å². The van der Waals surface area contributed by atoms with Gasteiger partial charge in [-0.3, -0.25) is 28.8 Å². The van der Waals surface area contributed by atoms with E-state index in [4.69, 9.17) is 10.5 Å². The van der Waals surface area contributed by atoms with Gasteiger partial charge in [-0.2, -0.15) is 0 Å². The van der Waals surface area contributed by atoms with Crippen molar-refractivity contribution in [3.63, 3.8) is 0 Å². The van der Waals surface area contributed by atoms with Gasteiger partial charge in [-0.1, -0.05) is 92.9 Å². The monoisotopic (exact) mass is 710 g/mol. The number of aliphatic hydroxyl groups excluding tert-OH is 1. The highest BCUT2D eigenvalue weighted by Crippen LogP contribution is 2.22. The Kier molecular flexibility index (Phi) is 20.8. The van der Waals surface area contributed by atoms with E-state index in [2.05, 4.69) is 28.2 Å². The molecule has 1 heterocycles. The van der Waals surface area contributed by atoms with Crippen molar-refractivity contribution >= 4 is 35.5 Å². The molecule has 50 heavy (non-hydrogen) atoms. The lowest BCUT2D eigenvalue weighted by Gasteiger charge is -2.34. The maximum atomic E-state index is 14.0. The molecule has 14 heteroatoms. The number of cyclic esters (lactones) is 1. The van der Waals surface area contributed by atoms with Crippen LogP contribution in [0.2, 0.25) is 0 Å². The first-order valence-corrected chi connectivity index (χ1v) is 18.6. The molecule has 0 radical (unpaired) electrons. The van der Waals surface area contributed by atoms with E-state index in [0.717, 1.165) is 25.7 Å². The fraction of sp³-hybridized carbons (Fsp3) is 0.833. The number of nitrogens with zero attached hydrogens (tertiary/aromatic N) is 1. The van der Waals surface area contributed by atoms with Crippen LogP contribution in [-0.2, 0) is 33.5 Å². The van der Waals surface area contributed by atoms with Crippen molar-refractivity contribution in [2.45, 2.75) is 155 Å². The highest BCUT2D eigenvalue weighted by Gasteiger charge is 2.38. The maximum absolute atomic E-state index is 14.0. The Balaban J connectivity index is 3.50. The Morgan fingerprint density at radius 3 is 1.94 bits per heavy atom. The fourth-order valence-electron chi connectivity index (χ4n) is 5.99. The zero-order chi connectivity index (χ0) is 38.0. The molecule has 288 valence electrons. The third-order valence-corrected chi connectivity index (χ3v) is 9.52. The number of likely N-dealkylation sites (N-methyl/N-ethyl adjacent to an activating group) is 1. The van der Waals surface area contributed by atoms with Crippen molar-refractivity contribution in [2.75, 3.05) is 20.1 Å². The second-order valence-corrected chi connectivity index (χ2v) is 14.3. The fourth-order valence-corrected chi connectivity index (χ4v) is 5.99. The topological polar surface area (TPSA) is 209 Å². The van der Waals surface area contributed by atoms with Crippen LogP contribution in [0.1, 0.15) is 119 Å². The van der Waals surface area contributed by atoms with E-state index in [-0.39, 0.29) is 18.4 Å². The number of aliphatic hydroxyl groups is 1. The third-order valence-electron chi connectivity index (χ3n) is 9.52. The van der Waals surface area contributed by atoms with Crippen LogP contribution in [0.3, 0.4) is 0 Å². The SMILES string of the molecule is CCCCCCCCCC[C@H]1OC(=O)CNC(=O)[C@H]([C@H](C)O)NC(=O)[C@H](CN)NC(=O)[C@H]([C@H](C)CC)NC(=O)[C@H](CC(C)C)N(C)C(=O)[C@@H]1C. The van der Waals surface area contributed by atoms with Crippen LogP contribution >= 0.6 is 0 Å². The molecular weight excluding hydrogens is 644 g/mol. The number of carbonyl (C=O) groups is 6. The lowest BCUT2D eigenvalue weighted by molar-refractivity contribution is -0.157. The normalized spacial score (nSPS) is 26.5. The summed E-state index contributed by atoms with van der Waals surface area (Å²) in [5, 5.41) is 20.5. The molecule has 0 saturated carbocycles. The summed E-state index contributed by atoms with van der Waals surface area (Å²) in [6, 6.07) is -4.79. The molecule has 5 amide bonds. The summed E-state index contributed by atoms with van der Waals surface area (Å²) in [6.45, 7) is 11.7. The van der Waals surface area contributed by atoms with E-state index in [1.54, 1.807) is 13.8 Å². The molecule has 0 unspecified atom stereocenters. The second-order valence-electron chi connectivity index (χ2n) is 14.3. The lowest BCUT2D eigenvalue weighted by atomic mass is 9.94. The zero-order valence-corrected chi connectivity index (χ0v) is 31.7. The first-order chi connectivity index (χ1) is 23.6. The number of amides is 5. The summed E-state index contributed by atoms with van der Waals surface area (Å²) in [4.78, 5) is 82.2. The van der Waals surface area contributed by atoms with Crippen molar-refractivity contribution in [3.05, 3.63) is 0 Å². The summed E-state index contributed by atoms with van der Waals surface area (Å²) in [5.74, 6) is -5.25. The van der Waals surface area contributed by atoms with Crippen LogP contribution in [-0.4, -0.2) is 102 Å². The van der Waals surface area contributed by atoms with Gasteiger partial charge in [0, 0.05) is 13.6 Å². The van der Waals surface area contributed by atoms with Crippen molar-refractivity contribution in [1.29, 1.82) is 0 Å². The predicted octanol–water partition coefficient (Wildman–Crippen LogP) is 1.91. The molecule has 1 aliphatic heterocycles. The van der Waals surface area contributed by atoms with E-state index < -0.39 is 84.3 Å². The van der Waals surface area contributed by atoms with Gasteiger partial charge in [-0.25, -0.2) is 0 Å². The first kappa shape index (κ1) is 44.8. The number of rotatable bonds is 15. The summed E-state index contributed by atoms with van der Waals surface area (Å²) >= 11 is 0. The van der Waals surface area contributed by atoms with E-state index in [9.17, 15) is 33.9 Å². The second kappa shape index (κ2) is 23.3. The molecule has 0 aromatic heterocycles. The molecule has 0 spiro atoms. The molecule has 1 aliphatic rings. The minimum Gasteiger partial charge on any atom is -0.460 e. The number of nitrogens with two attached hydrogens (primary N) is 1. The number of hydrogen-bond donors (Lipinski definition) is 6. The third kappa shape index (κ3) is 14.9. The quantitative estimate of drug-likeness (QED) is 0.108. The molecule has 0 aromatic rings. The van der Waals surface area contributed by atoms with E-state index in [0.29, 0.717) is 25.7 Å². The lowest BCUT2D eigenvalue weighted by Crippen LogP contribution is -2.62. The van der Waals surface area contributed by atoms with Crippen molar-refractivity contribution in [3.8, 4) is 0 Å². The average molecular weight is 711 g/mol. The Hall–Kier alpha value is -3.26. The molecule has 14 nitrogen and oxygen atoms in total. The highest BCUT2D eigenvalue weighted by molar-refractivity contribution is 5.96. The van der Waals surface area contributed by atoms with Crippen LogP contribution < -0.4 is 27.0 Å². The van der Waals surface area contributed by atoms with Gasteiger partial charge in [-0.05, 0) is 38.0 Å². The van der Waals surface area contributed by atoms with Crippen LogP contribution in [0.5, 0.6) is 0 Å². The summed E-state index contributed by atoms with van der Waals surface area (Å²) < 4.78 is 5.80. The van der Waals surface area contributed by atoms with Crippen LogP contribution in [0.4, 0.5) is 0 Å². The minimum atomic E-state index is -1.48. The van der Waals surface area contributed by atoms with Crippen molar-refractivity contribution < 1.29 is 38.6 Å². The Morgan fingerprint density at radius 1 is 0.820 bits per heavy atom. The van der Waals surface area contributed by atoms with E-state index in [1.807, 2.05) is 20.8 Å². The summed E-state index contributed by atoms with van der Waals surface area (Å²) in [7, 11) is 1.53. The van der Waals surface area contributed by atoms with Crippen LogP contribution in [0.15, 0.2) is 0 Å². The minimum absolute atomic E-state index is 0.00975. The van der Waals surface area contributed by atoms with Gasteiger partial charge in [-0.15, -0.1) is 0 Å². The highest BCUT2D eigenvalue weighted by atomic mass is 16.5. The predicted molar refractivity (Wildman–Crippen MR) is 191 cm³/mol. The molecule has 0 aromatic carbocycles. The molecule has 0 bridgehead atoms. The summed E-state index contributed by atoms with van der Waals surface area (Å²) in [6.07, 6.45) is 7.46. The van der Waals surface area contributed by atoms with Crippen molar-refractivity contribution in [1.82, 2.24) is 26.2 Å². The molecule has 7 N–H and O–H groups in total. The average Bonchev–Trinajstić information content (AvgIpc) is 3.07. The molecule has 1 saturated heterocycles. The maximum Gasteiger partial charge on any atom is 0.325 e. The van der Waals surface area contributed by atoms with Gasteiger partial charge in [0.25, 0.3) is 0 Å². The summed E-state index contributed by atoms with van der Waals surface area (Å²) in [5.41, 5.74) is 5.83. The molecule has 0 aliphatic carbocycles. The number of ether oxygens (including phenoxy) is 1. The molecule has 8 atom stereocenters. The van der Waals surface area contributed by atoms with Gasteiger partial charge >= 0.3 is 5.97 Å². The number of hydrogen-bond acceptors (Lipinski definition) is 9. The number of unbranched alkanes of at least 4 members (excludes halogenated alkanes) is 7. The Labute approximate surface area is 299 Å². The Bertz CT molecular complexity index is 1100. The first-order valence-electron chi connectivity index (χ1n) is 18.6. The Morgan fingerprint density at radius 2 is 1.40 bits per heavy atom. The number of esters is 1. The van der Waals surface area contributed by atoms with Gasteiger partial charge in [0.1, 0.15) is 36.8 Å². The molecule has 1 fully saturated rings. The smallest absolute Gasteiger partial charge is 0.325 e. The number of nitrogens with one attached hydrogen (secondary N) is 4. The van der Waals surface area contributed by atoms with E-state index >= 15 is 0 Å². The van der Waals surface area contributed by atoms with E-state index in [1.165, 1.54) is 38.1 Å². The number of carbonyl (C=O) groups excluding carboxylic acids is 6. The van der Waals surface area contributed by atoms with Crippen LogP contribution in [0.25, 0.3) is 0 Å². The molecule has 1 rings (SSSR count). The standard InChI is InChI=1S/C36H66N6O8/c1-9-11-12-13-14-15-16-17-18-28-24(6)36(49)42(8)27(19-22(3)4)33(46)40-30(23(5)10-2)35(48)39-26(20-37)32(45)41-31(25(7)43)34(47)38-21-29(44)50-28/h22-28,30-31,43H,9-21,37H2,1-8H3,(H,38,47)(H,39,48)(H,40,46)(H,41,45)/t23-,24-,25+,26+,27+,28-,30+,31+/m1/s1. The largest absolute Gasteiger partial charge is 0.460 e.